The van der Waals surface area contributed by atoms with Crippen molar-refractivity contribution in [3.05, 3.63) is 22.7 Å². The van der Waals surface area contributed by atoms with E-state index < -0.39 is 0 Å². The largest absolute Gasteiger partial charge is 0.495 e. The summed E-state index contributed by atoms with van der Waals surface area (Å²) in [6.07, 6.45) is 3.20. The number of nitriles is 1. The third-order valence-electron chi connectivity index (χ3n) is 3.18. The van der Waals surface area contributed by atoms with Crippen LogP contribution in [0.5, 0.6) is 5.75 Å². The maximum atomic E-state index is 9.04. The van der Waals surface area contributed by atoms with E-state index in [0.717, 1.165) is 35.2 Å². The van der Waals surface area contributed by atoms with E-state index in [2.05, 4.69) is 27.3 Å². The van der Waals surface area contributed by atoms with Crippen molar-refractivity contribution in [2.24, 2.45) is 5.92 Å². The van der Waals surface area contributed by atoms with E-state index in [1.54, 1.807) is 7.11 Å². The van der Waals surface area contributed by atoms with Gasteiger partial charge in [0.15, 0.2) is 0 Å². The first kappa shape index (κ1) is 12.3. The van der Waals surface area contributed by atoms with Gasteiger partial charge in [-0.25, -0.2) is 0 Å². The summed E-state index contributed by atoms with van der Waals surface area (Å²) in [7, 11) is 1.65. The minimum Gasteiger partial charge on any atom is -0.495 e. The first-order chi connectivity index (χ1) is 8.24. The number of hydrogen-bond donors (Lipinski definition) is 1. The number of nitrogens with one attached hydrogen (secondary N) is 1. The number of methoxy groups -OCH3 is 1. The zero-order valence-electron chi connectivity index (χ0n) is 9.74. The summed E-state index contributed by atoms with van der Waals surface area (Å²) in [6.45, 7) is 0. The molecule has 2 unspecified atom stereocenters. The lowest BCUT2D eigenvalue weighted by atomic mass is 10.1. The molecule has 0 spiro atoms. The average molecular weight is 295 g/mol. The Morgan fingerprint density at radius 2 is 2.29 bits per heavy atom. The molecule has 0 amide bonds. The zero-order valence-corrected chi connectivity index (χ0v) is 11.3. The second kappa shape index (κ2) is 5.42. The van der Waals surface area contributed by atoms with Gasteiger partial charge in [-0.3, -0.25) is 0 Å². The van der Waals surface area contributed by atoms with Crippen molar-refractivity contribution in [2.45, 2.75) is 25.3 Å². The normalized spacial score (nSPS) is 23.1. The van der Waals surface area contributed by atoms with Gasteiger partial charge in [-0.05, 0) is 47.3 Å². The minimum atomic E-state index is 0.129. The highest BCUT2D eigenvalue weighted by Gasteiger charge is 2.26. The van der Waals surface area contributed by atoms with Gasteiger partial charge in [0.1, 0.15) is 5.75 Å². The van der Waals surface area contributed by atoms with Crippen LogP contribution in [0.25, 0.3) is 0 Å². The van der Waals surface area contributed by atoms with E-state index in [1.807, 2.05) is 18.2 Å². The first-order valence-electron chi connectivity index (χ1n) is 5.74. The van der Waals surface area contributed by atoms with Crippen molar-refractivity contribution in [1.29, 1.82) is 5.26 Å². The van der Waals surface area contributed by atoms with Gasteiger partial charge < -0.3 is 10.1 Å². The third-order valence-corrected chi connectivity index (χ3v) is 3.84. The molecule has 1 saturated carbocycles. The molecule has 90 valence electrons. The summed E-state index contributed by atoms with van der Waals surface area (Å²) in [5.74, 6) is 0.936. The fourth-order valence-corrected chi connectivity index (χ4v) is 2.66. The van der Waals surface area contributed by atoms with Crippen LogP contribution in [0, 0.1) is 17.2 Å². The quantitative estimate of drug-likeness (QED) is 0.927. The van der Waals surface area contributed by atoms with Crippen LogP contribution < -0.4 is 10.1 Å². The fourth-order valence-electron chi connectivity index (χ4n) is 2.25. The maximum Gasteiger partial charge on any atom is 0.135 e. The monoisotopic (exact) mass is 294 g/mol. The highest BCUT2D eigenvalue weighted by molar-refractivity contribution is 9.10. The molecule has 3 nitrogen and oxygen atoms in total. The molecule has 1 aliphatic carbocycles. The first-order valence-corrected chi connectivity index (χ1v) is 6.53. The Bertz CT molecular complexity index is 442. The lowest BCUT2D eigenvalue weighted by Crippen LogP contribution is -2.22. The Labute approximate surface area is 110 Å². The molecule has 0 aromatic heterocycles. The highest BCUT2D eigenvalue weighted by atomic mass is 79.9. The summed E-state index contributed by atoms with van der Waals surface area (Å²) >= 11 is 3.42. The van der Waals surface area contributed by atoms with Crippen molar-refractivity contribution < 1.29 is 4.74 Å². The Morgan fingerprint density at radius 3 is 3.00 bits per heavy atom. The molecular weight excluding hydrogens is 280 g/mol. The molecule has 0 radical (unpaired) electrons. The molecule has 1 aliphatic rings. The van der Waals surface area contributed by atoms with Crippen molar-refractivity contribution in [3.63, 3.8) is 0 Å². The minimum absolute atomic E-state index is 0.129. The van der Waals surface area contributed by atoms with Gasteiger partial charge in [0.05, 0.1) is 23.6 Å². The fraction of sp³-hybridized carbons (Fsp3) is 0.462. The molecule has 4 heteroatoms. The lowest BCUT2D eigenvalue weighted by Gasteiger charge is -2.17. The number of ether oxygens (including phenoxy) is 1. The van der Waals surface area contributed by atoms with E-state index in [9.17, 15) is 0 Å². The van der Waals surface area contributed by atoms with Crippen LogP contribution in [0.1, 0.15) is 19.3 Å². The van der Waals surface area contributed by atoms with Gasteiger partial charge in [-0.15, -0.1) is 0 Å². The van der Waals surface area contributed by atoms with Crippen LogP contribution in [0.3, 0.4) is 0 Å². The number of benzene rings is 1. The number of anilines is 1. The number of hydrogen-bond acceptors (Lipinski definition) is 3. The van der Waals surface area contributed by atoms with E-state index >= 15 is 0 Å². The van der Waals surface area contributed by atoms with Gasteiger partial charge in [-0.1, -0.05) is 0 Å². The molecule has 1 N–H and O–H groups in total. The van der Waals surface area contributed by atoms with E-state index in [0.29, 0.717) is 0 Å². The number of nitrogens with zero attached hydrogens (tertiary/aromatic N) is 1. The molecule has 1 aromatic carbocycles. The molecule has 2 atom stereocenters. The van der Waals surface area contributed by atoms with Crippen molar-refractivity contribution >= 4 is 21.6 Å². The Kier molecular flexibility index (Phi) is 3.90. The number of halogens is 1. The van der Waals surface area contributed by atoms with E-state index in [4.69, 9.17) is 10.00 Å². The van der Waals surface area contributed by atoms with Gasteiger partial charge in [0.2, 0.25) is 0 Å². The predicted octanol–water partition coefficient (Wildman–Crippen LogP) is 3.56. The Balaban J connectivity index is 2.11. The number of rotatable bonds is 3. The summed E-state index contributed by atoms with van der Waals surface area (Å²) in [6, 6.07) is 8.55. The molecular formula is C13H15BrN2O. The SMILES string of the molecule is COc1cc(NC2CCCC2C#N)ccc1Br. The highest BCUT2D eigenvalue weighted by Crippen LogP contribution is 2.31. The van der Waals surface area contributed by atoms with E-state index in [-0.39, 0.29) is 12.0 Å². The zero-order chi connectivity index (χ0) is 12.3. The van der Waals surface area contributed by atoms with Crippen LogP contribution in [0.15, 0.2) is 22.7 Å². The smallest absolute Gasteiger partial charge is 0.135 e. The summed E-state index contributed by atoms with van der Waals surface area (Å²) in [4.78, 5) is 0. The summed E-state index contributed by atoms with van der Waals surface area (Å²) in [5, 5.41) is 12.5. The maximum absolute atomic E-state index is 9.04. The molecule has 1 aromatic rings. The Hall–Kier alpha value is -1.21. The molecule has 0 heterocycles. The van der Waals surface area contributed by atoms with Crippen molar-refractivity contribution in [1.82, 2.24) is 0 Å². The third kappa shape index (κ3) is 2.73. The van der Waals surface area contributed by atoms with Crippen LogP contribution in [-0.2, 0) is 0 Å². The lowest BCUT2D eigenvalue weighted by molar-refractivity contribution is 0.412. The van der Waals surface area contributed by atoms with Gasteiger partial charge in [0, 0.05) is 17.8 Å². The second-order valence-electron chi connectivity index (χ2n) is 4.27. The molecule has 1 fully saturated rings. The molecule has 17 heavy (non-hydrogen) atoms. The second-order valence-corrected chi connectivity index (χ2v) is 5.12. The van der Waals surface area contributed by atoms with Gasteiger partial charge in [0.25, 0.3) is 0 Å². The topological polar surface area (TPSA) is 45.0 Å². The summed E-state index contributed by atoms with van der Waals surface area (Å²) in [5.41, 5.74) is 1.01. The van der Waals surface area contributed by atoms with Crippen molar-refractivity contribution in [3.8, 4) is 11.8 Å². The molecule has 0 aliphatic heterocycles. The van der Waals surface area contributed by atoms with Gasteiger partial charge >= 0.3 is 0 Å². The van der Waals surface area contributed by atoms with Gasteiger partial charge in [-0.2, -0.15) is 5.26 Å². The van der Waals surface area contributed by atoms with Crippen LogP contribution in [-0.4, -0.2) is 13.2 Å². The Morgan fingerprint density at radius 1 is 1.47 bits per heavy atom. The summed E-state index contributed by atoms with van der Waals surface area (Å²) < 4.78 is 6.19. The predicted molar refractivity (Wildman–Crippen MR) is 71.1 cm³/mol. The van der Waals surface area contributed by atoms with Crippen LogP contribution in [0.4, 0.5) is 5.69 Å². The molecule has 0 saturated heterocycles. The van der Waals surface area contributed by atoms with Crippen molar-refractivity contribution in [2.75, 3.05) is 12.4 Å². The standard InChI is InChI=1S/C13H15BrN2O/c1-17-13-7-10(5-6-11(13)14)16-12-4-2-3-9(12)8-15/h5-7,9,12,16H,2-4H2,1H3. The molecule has 2 rings (SSSR count). The van der Waals surface area contributed by atoms with E-state index in [1.165, 1.54) is 0 Å². The van der Waals surface area contributed by atoms with Crippen LogP contribution in [0.2, 0.25) is 0 Å². The molecule has 0 bridgehead atoms. The van der Waals surface area contributed by atoms with Crippen LogP contribution >= 0.6 is 15.9 Å². The average Bonchev–Trinajstić information content (AvgIpc) is 2.79.